The number of carbonyl (C=O) groups is 2. The Kier molecular flexibility index (Phi) is 4.43. The Hall–Kier alpha value is -2.13. The Morgan fingerprint density at radius 3 is 2.71 bits per heavy atom. The van der Waals surface area contributed by atoms with E-state index in [4.69, 9.17) is 4.74 Å². The van der Waals surface area contributed by atoms with Gasteiger partial charge in [0.05, 0.1) is 17.9 Å². The second kappa shape index (κ2) is 6.10. The van der Waals surface area contributed by atoms with Gasteiger partial charge < -0.3 is 9.64 Å². The summed E-state index contributed by atoms with van der Waals surface area (Å²) in [6, 6.07) is 7.14. The maximum atomic E-state index is 12.5. The highest BCUT2D eigenvalue weighted by Crippen LogP contribution is 2.39. The summed E-state index contributed by atoms with van der Waals surface area (Å²) in [6.07, 6.45) is 0. The lowest BCUT2D eigenvalue weighted by Gasteiger charge is -2.13. The Bertz CT molecular complexity index is 689. The van der Waals surface area contributed by atoms with Crippen molar-refractivity contribution in [2.75, 3.05) is 18.1 Å². The number of amides is 1. The van der Waals surface area contributed by atoms with E-state index < -0.39 is 5.97 Å². The highest BCUT2D eigenvalue weighted by molar-refractivity contribution is 9.10. The van der Waals surface area contributed by atoms with E-state index in [1.165, 1.54) is 4.90 Å². The second-order valence-electron chi connectivity index (χ2n) is 4.29. The first-order chi connectivity index (χ1) is 10.0. The molecule has 0 aromatic heterocycles. The van der Waals surface area contributed by atoms with E-state index in [1.54, 1.807) is 25.1 Å². The minimum Gasteiger partial charge on any atom is -0.462 e. The summed E-state index contributed by atoms with van der Waals surface area (Å²) >= 11 is 3.34. The van der Waals surface area contributed by atoms with Gasteiger partial charge in [0.1, 0.15) is 6.07 Å². The van der Waals surface area contributed by atoms with Crippen LogP contribution in [0.3, 0.4) is 0 Å². The monoisotopic (exact) mass is 348 g/mol. The molecule has 1 aromatic rings. The van der Waals surface area contributed by atoms with Crippen molar-refractivity contribution < 1.29 is 14.3 Å². The molecule has 1 amide bonds. The standard InChI is InChI=1S/C15H13BrN2O3/c1-3-18-12-6-5-9(16)7-10(12)13(14(18)19)11(8-17)15(20)21-4-2/h5-7H,3-4H2,1-2H3/b13-11+. The summed E-state index contributed by atoms with van der Waals surface area (Å²) in [5, 5.41) is 9.26. The van der Waals surface area contributed by atoms with Crippen molar-refractivity contribution in [3.05, 3.63) is 33.8 Å². The Labute approximate surface area is 130 Å². The zero-order valence-electron chi connectivity index (χ0n) is 11.6. The van der Waals surface area contributed by atoms with Crippen molar-refractivity contribution in [1.82, 2.24) is 0 Å². The van der Waals surface area contributed by atoms with Crippen LogP contribution in [0.1, 0.15) is 19.4 Å². The lowest BCUT2D eigenvalue weighted by molar-refractivity contribution is -0.138. The van der Waals surface area contributed by atoms with Gasteiger partial charge in [-0.3, -0.25) is 4.79 Å². The largest absolute Gasteiger partial charge is 0.462 e. The molecule has 108 valence electrons. The molecule has 0 radical (unpaired) electrons. The Morgan fingerprint density at radius 2 is 2.14 bits per heavy atom. The molecule has 1 heterocycles. The molecule has 0 spiro atoms. The van der Waals surface area contributed by atoms with Gasteiger partial charge in [-0.05, 0) is 32.0 Å². The number of anilines is 1. The third-order valence-corrected chi connectivity index (χ3v) is 3.63. The lowest BCUT2D eigenvalue weighted by atomic mass is 10.0. The molecule has 0 unspecified atom stereocenters. The molecule has 1 aliphatic rings. The number of hydrogen-bond acceptors (Lipinski definition) is 4. The lowest BCUT2D eigenvalue weighted by Crippen LogP contribution is -2.26. The fourth-order valence-corrected chi connectivity index (χ4v) is 2.63. The van der Waals surface area contributed by atoms with Crippen LogP contribution in [-0.4, -0.2) is 25.0 Å². The molecule has 5 nitrogen and oxygen atoms in total. The molecule has 21 heavy (non-hydrogen) atoms. The summed E-state index contributed by atoms with van der Waals surface area (Å²) in [5.74, 6) is -1.12. The van der Waals surface area contributed by atoms with Gasteiger partial charge in [0.15, 0.2) is 5.57 Å². The fraction of sp³-hybridized carbons (Fsp3) is 0.267. The van der Waals surface area contributed by atoms with Crippen LogP contribution in [-0.2, 0) is 14.3 Å². The average Bonchev–Trinajstić information content (AvgIpc) is 2.72. The van der Waals surface area contributed by atoms with Crippen LogP contribution < -0.4 is 4.90 Å². The zero-order chi connectivity index (χ0) is 15.6. The minimum absolute atomic E-state index is 0.106. The molecule has 0 atom stereocenters. The summed E-state index contributed by atoms with van der Waals surface area (Å²) in [4.78, 5) is 26.0. The molecule has 0 bridgehead atoms. The predicted molar refractivity (Wildman–Crippen MR) is 81.3 cm³/mol. The van der Waals surface area contributed by atoms with Gasteiger partial charge in [0.2, 0.25) is 0 Å². The van der Waals surface area contributed by atoms with Crippen LogP contribution in [0.25, 0.3) is 5.57 Å². The number of nitrogens with zero attached hydrogens (tertiary/aromatic N) is 2. The maximum absolute atomic E-state index is 12.5. The highest BCUT2D eigenvalue weighted by Gasteiger charge is 2.36. The highest BCUT2D eigenvalue weighted by atomic mass is 79.9. The van der Waals surface area contributed by atoms with Crippen molar-refractivity contribution in [3.63, 3.8) is 0 Å². The summed E-state index contributed by atoms with van der Waals surface area (Å²) in [7, 11) is 0. The van der Waals surface area contributed by atoms with Crippen molar-refractivity contribution in [1.29, 1.82) is 5.26 Å². The van der Waals surface area contributed by atoms with E-state index in [9.17, 15) is 14.9 Å². The van der Waals surface area contributed by atoms with Crippen LogP contribution in [0.5, 0.6) is 0 Å². The number of halogens is 1. The zero-order valence-corrected chi connectivity index (χ0v) is 13.2. The average molecular weight is 349 g/mol. The number of benzene rings is 1. The maximum Gasteiger partial charge on any atom is 0.349 e. The van der Waals surface area contributed by atoms with Crippen LogP contribution in [0.4, 0.5) is 5.69 Å². The van der Waals surface area contributed by atoms with Crippen molar-refractivity contribution >= 4 is 39.1 Å². The first kappa shape index (κ1) is 15.3. The number of carbonyl (C=O) groups excluding carboxylic acids is 2. The summed E-state index contributed by atoms with van der Waals surface area (Å²) in [6.45, 7) is 4.09. The van der Waals surface area contributed by atoms with E-state index in [-0.39, 0.29) is 23.7 Å². The third-order valence-electron chi connectivity index (χ3n) is 3.14. The molecular formula is C15H13BrN2O3. The predicted octanol–water partition coefficient (Wildman–Crippen LogP) is 2.66. The summed E-state index contributed by atoms with van der Waals surface area (Å²) in [5.41, 5.74) is 1.12. The van der Waals surface area contributed by atoms with E-state index >= 15 is 0 Å². The van der Waals surface area contributed by atoms with Gasteiger partial charge in [0.25, 0.3) is 5.91 Å². The van der Waals surface area contributed by atoms with Crippen molar-refractivity contribution in [3.8, 4) is 6.07 Å². The van der Waals surface area contributed by atoms with Gasteiger partial charge in [-0.25, -0.2) is 4.79 Å². The van der Waals surface area contributed by atoms with Gasteiger partial charge in [0, 0.05) is 16.6 Å². The van der Waals surface area contributed by atoms with Crippen molar-refractivity contribution in [2.24, 2.45) is 0 Å². The number of nitriles is 1. The van der Waals surface area contributed by atoms with Gasteiger partial charge in [-0.15, -0.1) is 0 Å². The minimum atomic E-state index is -0.771. The van der Waals surface area contributed by atoms with E-state index in [0.717, 1.165) is 4.47 Å². The quantitative estimate of drug-likeness (QED) is 0.478. The van der Waals surface area contributed by atoms with Gasteiger partial charge in [-0.2, -0.15) is 5.26 Å². The smallest absolute Gasteiger partial charge is 0.349 e. The molecule has 1 aromatic carbocycles. The molecule has 6 heteroatoms. The van der Waals surface area contributed by atoms with E-state index in [2.05, 4.69) is 15.9 Å². The number of ether oxygens (including phenoxy) is 1. The molecular weight excluding hydrogens is 336 g/mol. The third kappa shape index (κ3) is 2.57. The Morgan fingerprint density at radius 1 is 1.43 bits per heavy atom. The molecule has 0 N–H and O–H groups in total. The van der Waals surface area contributed by atoms with E-state index in [1.807, 2.05) is 13.0 Å². The van der Waals surface area contributed by atoms with Gasteiger partial charge in [-0.1, -0.05) is 15.9 Å². The normalized spacial score (nSPS) is 15.5. The SMILES string of the molecule is CCOC(=O)/C(C#N)=C1/C(=O)N(CC)c2ccc(Br)cc21. The summed E-state index contributed by atoms with van der Waals surface area (Å²) < 4.78 is 5.64. The topological polar surface area (TPSA) is 70.4 Å². The van der Waals surface area contributed by atoms with Crippen LogP contribution >= 0.6 is 15.9 Å². The molecule has 0 aliphatic carbocycles. The van der Waals surface area contributed by atoms with Crippen molar-refractivity contribution in [2.45, 2.75) is 13.8 Å². The van der Waals surface area contributed by atoms with Gasteiger partial charge >= 0.3 is 5.97 Å². The number of esters is 1. The first-order valence-electron chi connectivity index (χ1n) is 6.48. The number of likely N-dealkylation sites (N-methyl/N-ethyl adjacent to an activating group) is 1. The number of hydrogen-bond donors (Lipinski definition) is 0. The number of fused-ring (bicyclic) bond motifs is 1. The second-order valence-corrected chi connectivity index (χ2v) is 5.21. The number of rotatable bonds is 3. The Balaban J connectivity index is 2.70. The molecule has 1 aliphatic heterocycles. The fourth-order valence-electron chi connectivity index (χ4n) is 2.27. The molecule has 2 rings (SSSR count). The molecule has 0 fully saturated rings. The van der Waals surface area contributed by atoms with Crippen LogP contribution in [0.2, 0.25) is 0 Å². The molecule has 0 saturated carbocycles. The first-order valence-corrected chi connectivity index (χ1v) is 7.27. The van der Waals surface area contributed by atoms with Crippen LogP contribution in [0, 0.1) is 11.3 Å². The molecule has 0 saturated heterocycles. The van der Waals surface area contributed by atoms with Crippen LogP contribution in [0.15, 0.2) is 28.2 Å². The van der Waals surface area contributed by atoms with E-state index in [0.29, 0.717) is 17.8 Å².